The molecule has 0 atom stereocenters. The summed E-state index contributed by atoms with van der Waals surface area (Å²) in [7, 11) is 1.63. The molecule has 4 nitrogen and oxygen atoms in total. The van der Waals surface area contributed by atoms with Crippen LogP contribution in [-0.4, -0.2) is 18.1 Å². The average molecular weight is 315 g/mol. The Bertz CT molecular complexity index is 671. The van der Waals surface area contributed by atoms with Gasteiger partial charge in [0.25, 0.3) is 0 Å². The van der Waals surface area contributed by atoms with Gasteiger partial charge in [-0.25, -0.2) is 9.78 Å². The zero-order valence-electron chi connectivity index (χ0n) is 12.5. The highest BCUT2D eigenvalue weighted by Gasteiger charge is 2.06. The number of thiazole rings is 1. The van der Waals surface area contributed by atoms with Crippen LogP contribution in [0.5, 0.6) is 5.75 Å². The molecule has 5 heteroatoms. The summed E-state index contributed by atoms with van der Waals surface area (Å²) in [6.45, 7) is 2.05. The van der Waals surface area contributed by atoms with Gasteiger partial charge in [-0.1, -0.05) is 18.2 Å². The van der Waals surface area contributed by atoms with Crippen LogP contribution in [0.25, 0.3) is 10.6 Å². The summed E-state index contributed by atoms with van der Waals surface area (Å²) in [4.78, 5) is 15.9. The predicted octanol–water partition coefficient (Wildman–Crippen LogP) is 3.99. The molecule has 1 aromatic carbocycles. The molecule has 0 bridgehead atoms. The molecule has 0 aliphatic rings. The Morgan fingerprint density at radius 1 is 1.27 bits per heavy atom. The molecule has 0 fully saturated rings. The van der Waals surface area contributed by atoms with Crippen LogP contribution < -0.4 is 4.74 Å². The van der Waals surface area contributed by atoms with Gasteiger partial charge in [-0.05, 0) is 31.2 Å². The molecule has 2 aromatic rings. The highest BCUT2D eigenvalue weighted by molar-refractivity contribution is 7.13. The maximum Gasteiger partial charge on any atom is 0.331 e. The van der Waals surface area contributed by atoms with Crippen LogP contribution >= 0.6 is 11.3 Å². The van der Waals surface area contributed by atoms with Crippen molar-refractivity contribution >= 4 is 17.3 Å². The number of allylic oxidation sites excluding steroid dienone is 3. The first-order valence-corrected chi connectivity index (χ1v) is 7.66. The molecular formula is C17H17NO3S. The minimum atomic E-state index is -0.378. The largest absolute Gasteiger partial charge is 0.497 e. The summed E-state index contributed by atoms with van der Waals surface area (Å²) < 4.78 is 10.3. The zero-order valence-corrected chi connectivity index (χ0v) is 13.3. The van der Waals surface area contributed by atoms with Crippen molar-refractivity contribution in [3.8, 4) is 16.3 Å². The van der Waals surface area contributed by atoms with Gasteiger partial charge < -0.3 is 9.47 Å². The first-order chi connectivity index (χ1) is 10.7. The molecular weight excluding hydrogens is 298 g/mol. The smallest absolute Gasteiger partial charge is 0.331 e. The molecule has 1 aromatic heterocycles. The van der Waals surface area contributed by atoms with Gasteiger partial charge in [-0.2, -0.15) is 0 Å². The molecule has 0 aliphatic heterocycles. The van der Waals surface area contributed by atoms with Gasteiger partial charge in [0.2, 0.25) is 0 Å². The Balaban J connectivity index is 1.94. The number of benzene rings is 1. The van der Waals surface area contributed by atoms with E-state index in [1.54, 1.807) is 19.3 Å². The summed E-state index contributed by atoms with van der Waals surface area (Å²) in [6.07, 6.45) is 6.64. The number of carbonyl (C=O) groups is 1. The monoisotopic (exact) mass is 315 g/mol. The van der Waals surface area contributed by atoms with Crippen molar-refractivity contribution in [3.05, 3.63) is 59.6 Å². The van der Waals surface area contributed by atoms with E-state index in [4.69, 9.17) is 9.47 Å². The molecule has 0 N–H and O–H groups in total. The van der Waals surface area contributed by atoms with E-state index in [-0.39, 0.29) is 12.6 Å². The normalized spacial score (nSPS) is 11.2. The first kappa shape index (κ1) is 16.0. The minimum absolute atomic E-state index is 0.172. The summed E-state index contributed by atoms with van der Waals surface area (Å²) in [5.74, 6) is 0.430. The molecule has 0 unspecified atom stereocenters. The summed E-state index contributed by atoms with van der Waals surface area (Å²) in [5, 5.41) is 2.78. The van der Waals surface area contributed by atoms with Crippen LogP contribution in [0.3, 0.4) is 0 Å². The van der Waals surface area contributed by atoms with Gasteiger partial charge in [0.05, 0.1) is 12.8 Å². The second-order valence-electron chi connectivity index (χ2n) is 4.37. The Kier molecular flexibility index (Phi) is 5.91. The molecule has 0 aliphatic carbocycles. The zero-order chi connectivity index (χ0) is 15.8. The Labute approximate surface area is 133 Å². The Morgan fingerprint density at radius 3 is 2.73 bits per heavy atom. The van der Waals surface area contributed by atoms with Crippen molar-refractivity contribution in [2.45, 2.75) is 13.5 Å². The molecule has 0 radical (unpaired) electrons. The fourth-order valence-electron chi connectivity index (χ4n) is 1.68. The molecule has 0 saturated carbocycles. The molecule has 0 spiro atoms. The number of hydrogen-bond donors (Lipinski definition) is 0. The number of rotatable bonds is 6. The van der Waals surface area contributed by atoms with Crippen LogP contribution in [0.1, 0.15) is 12.6 Å². The highest BCUT2D eigenvalue weighted by Crippen LogP contribution is 2.25. The van der Waals surface area contributed by atoms with Crippen molar-refractivity contribution in [3.63, 3.8) is 0 Å². The number of esters is 1. The second kappa shape index (κ2) is 8.14. The molecule has 0 amide bonds. The van der Waals surface area contributed by atoms with Gasteiger partial charge in [-0.15, -0.1) is 11.3 Å². The van der Waals surface area contributed by atoms with E-state index in [1.807, 2.05) is 42.6 Å². The third-order valence-electron chi connectivity index (χ3n) is 2.79. The summed E-state index contributed by atoms with van der Waals surface area (Å²) in [6, 6.07) is 7.69. The standard InChI is InChI=1S/C17H17NO3S/c1-3-4-5-6-16(19)21-11-14-12-22-17(18-14)13-7-9-15(20-2)10-8-13/h3-10,12H,11H2,1-2H3/b4-3+,6-5+. The van der Waals surface area contributed by atoms with Crippen LogP contribution in [0.15, 0.2) is 53.9 Å². The Morgan fingerprint density at radius 2 is 2.05 bits per heavy atom. The van der Waals surface area contributed by atoms with Crippen molar-refractivity contribution < 1.29 is 14.3 Å². The fourth-order valence-corrected chi connectivity index (χ4v) is 2.49. The number of hydrogen-bond acceptors (Lipinski definition) is 5. The lowest BCUT2D eigenvalue weighted by atomic mass is 10.2. The predicted molar refractivity (Wildman–Crippen MR) is 87.9 cm³/mol. The van der Waals surface area contributed by atoms with Gasteiger partial charge in [0.15, 0.2) is 0 Å². The summed E-state index contributed by atoms with van der Waals surface area (Å²) >= 11 is 1.52. The molecule has 2 rings (SSSR count). The Hall–Kier alpha value is -2.40. The fraction of sp³-hybridized carbons (Fsp3) is 0.176. The van der Waals surface area contributed by atoms with Gasteiger partial charge in [0.1, 0.15) is 17.4 Å². The lowest BCUT2D eigenvalue weighted by molar-refractivity contribution is -0.139. The van der Waals surface area contributed by atoms with Gasteiger partial charge in [0, 0.05) is 17.0 Å². The number of methoxy groups -OCH3 is 1. The molecule has 22 heavy (non-hydrogen) atoms. The topological polar surface area (TPSA) is 48.4 Å². The number of carbonyl (C=O) groups excluding carboxylic acids is 1. The van der Waals surface area contributed by atoms with E-state index in [1.165, 1.54) is 17.4 Å². The van der Waals surface area contributed by atoms with E-state index in [0.717, 1.165) is 22.0 Å². The number of ether oxygens (including phenoxy) is 2. The van der Waals surface area contributed by atoms with Gasteiger partial charge >= 0.3 is 5.97 Å². The highest BCUT2D eigenvalue weighted by atomic mass is 32.1. The van der Waals surface area contributed by atoms with Crippen LogP contribution in [0.4, 0.5) is 0 Å². The van der Waals surface area contributed by atoms with E-state index < -0.39 is 0 Å². The quantitative estimate of drug-likeness (QED) is 0.459. The van der Waals surface area contributed by atoms with Crippen molar-refractivity contribution in [2.75, 3.05) is 7.11 Å². The third kappa shape index (κ3) is 4.56. The first-order valence-electron chi connectivity index (χ1n) is 6.78. The lowest BCUT2D eigenvalue weighted by Gasteiger charge is -2.00. The van der Waals surface area contributed by atoms with E-state index in [9.17, 15) is 4.79 Å². The van der Waals surface area contributed by atoms with Crippen molar-refractivity contribution in [1.82, 2.24) is 4.98 Å². The van der Waals surface area contributed by atoms with Crippen LogP contribution in [0, 0.1) is 0 Å². The summed E-state index contributed by atoms with van der Waals surface area (Å²) in [5.41, 5.74) is 1.75. The number of nitrogens with zero attached hydrogens (tertiary/aromatic N) is 1. The van der Waals surface area contributed by atoms with E-state index >= 15 is 0 Å². The number of aromatic nitrogens is 1. The maximum atomic E-state index is 11.5. The SMILES string of the molecule is C/C=C/C=C/C(=O)OCc1csc(-c2ccc(OC)cc2)n1. The van der Waals surface area contributed by atoms with E-state index in [2.05, 4.69) is 4.98 Å². The molecule has 0 saturated heterocycles. The maximum absolute atomic E-state index is 11.5. The molecule has 1 heterocycles. The van der Waals surface area contributed by atoms with E-state index in [0.29, 0.717) is 0 Å². The van der Waals surface area contributed by atoms with Gasteiger partial charge in [-0.3, -0.25) is 0 Å². The molecule has 114 valence electrons. The lowest BCUT2D eigenvalue weighted by Crippen LogP contribution is -2.00. The van der Waals surface area contributed by atoms with Crippen molar-refractivity contribution in [2.24, 2.45) is 0 Å². The van der Waals surface area contributed by atoms with Crippen molar-refractivity contribution in [1.29, 1.82) is 0 Å². The average Bonchev–Trinajstić information content (AvgIpc) is 3.02. The van der Waals surface area contributed by atoms with Crippen LogP contribution in [0.2, 0.25) is 0 Å². The van der Waals surface area contributed by atoms with Crippen LogP contribution in [-0.2, 0) is 16.1 Å². The third-order valence-corrected chi connectivity index (χ3v) is 3.73. The minimum Gasteiger partial charge on any atom is -0.497 e. The second-order valence-corrected chi connectivity index (χ2v) is 5.22.